The van der Waals surface area contributed by atoms with E-state index in [9.17, 15) is 9.59 Å². The molecule has 156 valence electrons. The summed E-state index contributed by atoms with van der Waals surface area (Å²) >= 11 is 1.58. The first-order valence-electron chi connectivity index (χ1n) is 10.4. The second kappa shape index (κ2) is 9.39. The van der Waals surface area contributed by atoms with Crippen molar-refractivity contribution in [3.63, 3.8) is 0 Å². The quantitative estimate of drug-likeness (QED) is 0.590. The van der Waals surface area contributed by atoms with Crippen LogP contribution < -0.4 is 5.32 Å². The van der Waals surface area contributed by atoms with Gasteiger partial charge in [0.05, 0.1) is 29.7 Å². The van der Waals surface area contributed by atoms with Crippen LogP contribution in [0.2, 0.25) is 0 Å². The minimum Gasteiger partial charge on any atom is -0.469 e. The summed E-state index contributed by atoms with van der Waals surface area (Å²) in [4.78, 5) is 28.7. The number of nitrogens with zero attached hydrogens (tertiary/aromatic N) is 1. The fraction of sp³-hybridized carbons (Fsp3) is 0.375. The summed E-state index contributed by atoms with van der Waals surface area (Å²) in [5.41, 5.74) is 3.27. The lowest BCUT2D eigenvalue weighted by molar-refractivity contribution is -0.146. The van der Waals surface area contributed by atoms with Crippen molar-refractivity contribution in [1.82, 2.24) is 10.3 Å². The molecule has 1 aliphatic rings. The number of ether oxygens (including phenoxy) is 1. The van der Waals surface area contributed by atoms with Crippen molar-refractivity contribution in [2.24, 2.45) is 11.8 Å². The average Bonchev–Trinajstić information content (AvgIpc) is 3.19. The van der Waals surface area contributed by atoms with E-state index in [1.54, 1.807) is 11.3 Å². The molecule has 0 bridgehead atoms. The van der Waals surface area contributed by atoms with Crippen LogP contribution in [0.3, 0.4) is 0 Å². The van der Waals surface area contributed by atoms with Crippen molar-refractivity contribution < 1.29 is 14.3 Å². The van der Waals surface area contributed by atoms with Crippen molar-refractivity contribution in [2.45, 2.75) is 32.1 Å². The summed E-state index contributed by atoms with van der Waals surface area (Å²) in [6, 6.07) is 16.5. The van der Waals surface area contributed by atoms with Crippen LogP contribution in [-0.2, 0) is 20.7 Å². The molecule has 1 N–H and O–H groups in total. The molecular formula is C24H26N2O3S. The summed E-state index contributed by atoms with van der Waals surface area (Å²) < 4.78 is 5.93. The molecule has 0 atom stereocenters. The third-order valence-electron chi connectivity index (χ3n) is 5.82. The van der Waals surface area contributed by atoms with Crippen molar-refractivity contribution in [3.05, 3.63) is 53.5 Å². The predicted octanol–water partition coefficient (Wildman–Crippen LogP) is 4.60. The fourth-order valence-electron chi connectivity index (χ4n) is 4.09. The molecule has 3 aromatic rings. The summed E-state index contributed by atoms with van der Waals surface area (Å²) in [6.07, 6.45) is 3.88. The van der Waals surface area contributed by atoms with Crippen LogP contribution in [0, 0.1) is 11.8 Å². The molecule has 0 spiro atoms. The normalized spacial score (nSPS) is 18.8. The first-order chi connectivity index (χ1) is 14.6. The molecule has 1 aliphatic carbocycles. The predicted molar refractivity (Wildman–Crippen MR) is 119 cm³/mol. The molecule has 6 heteroatoms. The maximum atomic E-state index is 12.4. The van der Waals surface area contributed by atoms with Gasteiger partial charge in [0.25, 0.3) is 0 Å². The van der Waals surface area contributed by atoms with Gasteiger partial charge in [-0.25, -0.2) is 4.98 Å². The van der Waals surface area contributed by atoms with E-state index in [1.807, 2.05) is 24.3 Å². The molecule has 0 aliphatic heterocycles. The standard InChI is InChI=1S/C24H26N2O3S/c1-29-24(28)18-9-7-16(8-10-18)15-25-22(27)14-23-26-20-12-11-19(13-21(20)30-23)17-5-3-2-4-6-17/h2-6,11-13,16,18H,7-10,14-15H2,1H3,(H,25,27). The fourth-order valence-corrected chi connectivity index (χ4v) is 5.09. The van der Waals surface area contributed by atoms with Gasteiger partial charge in [0, 0.05) is 6.54 Å². The molecule has 4 rings (SSSR count). The van der Waals surface area contributed by atoms with Crippen LogP contribution in [-0.4, -0.2) is 30.5 Å². The lowest BCUT2D eigenvalue weighted by atomic mass is 9.82. The van der Waals surface area contributed by atoms with Crippen molar-refractivity contribution in [2.75, 3.05) is 13.7 Å². The third kappa shape index (κ3) is 4.87. The summed E-state index contributed by atoms with van der Waals surface area (Å²) in [7, 11) is 1.44. The molecule has 2 aromatic carbocycles. The van der Waals surface area contributed by atoms with Gasteiger partial charge in [0.2, 0.25) is 5.91 Å². The third-order valence-corrected chi connectivity index (χ3v) is 6.84. The number of benzene rings is 2. The number of amides is 1. The summed E-state index contributed by atoms with van der Waals surface area (Å²) in [6.45, 7) is 0.662. The second-order valence-electron chi connectivity index (χ2n) is 7.88. The monoisotopic (exact) mass is 422 g/mol. The van der Waals surface area contributed by atoms with Crippen LogP contribution in [0.1, 0.15) is 30.7 Å². The number of nitrogens with one attached hydrogen (secondary N) is 1. The van der Waals surface area contributed by atoms with Crippen LogP contribution >= 0.6 is 11.3 Å². The molecule has 0 unspecified atom stereocenters. The molecule has 30 heavy (non-hydrogen) atoms. The SMILES string of the molecule is COC(=O)C1CCC(CNC(=O)Cc2nc3ccc(-c4ccccc4)cc3s2)CC1. The number of hydrogen-bond acceptors (Lipinski definition) is 5. The topological polar surface area (TPSA) is 68.3 Å². The Balaban J connectivity index is 1.31. The maximum absolute atomic E-state index is 12.4. The zero-order chi connectivity index (χ0) is 20.9. The molecular weight excluding hydrogens is 396 g/mol. The molecule has 0 radical (unpaired) electrons. The van der Waals surface area contributed by atoms with Crippen LogP contribution in [0.4, 0.5) is 0 Å². The number of rotatable bonds is 6. The van der Waals surface area contributed by atoms with Crippen LogP contribution in [0.5, 0.6) is 0 Å². The molecule has 1 aromatic heterocycles. The van der Waals surface area contributed by atoms with Gasteiger partial charge in [-0.05, 0) is 54.9 Å². The Morgan fingerprint density at radius 2 is 1.83 bits per heavy atom. The van der Waals surface area contributed by atoms with E-state index in [0.29, 0.717) is 18.9 Å². The highest BCUT2D eigenvalue weighted by atomic mass is 32.1. The highest BCUT2D eigenvalue weighted by molar-refractivity contribution is 7.18. The number of hydrogen-bond donors (Lipinski definition) is 1. The Bertz CT molecular complexity index is 1020. The van der Waals surface area contributed by atoms with Gasteiger partial charge in [-0.2, -0.15) is 0 Å². The second-order valence-corrected chi connectivity index (χ2v) is 8.99. The van der Waals surface area contributed by atoms with E-state index in [2.05, 4.69) is 34.6 Å². The van der Waals surface area contributed by atoms with Crippen LogP contribution in [0.25, 0.3) is 21.3 Å². The molecule has 1 amide bonds. The van der Waals surface area contributed by atoms with Gasteiger partial charge in [0.1, 0.15) is 5.01 Å². The van der Waals surface area contributed by atoms with Gasteiger partial charge in [-0.3, -0.25) is 9.59 Å². The first-order valence-corrected chi connectivity index (χ1v) is 11.2. The van der Waals surface area contributed by atoms with E-state index < -0.39 is 0 Å². The maximum Gasteiger partial charge on any atom is 0.308 e. The lowest BCUT2D eigenvalue weighted by Crippen LogP contribution is -2.33. The minimum absolute atomic E-state index is 0.00688. The Morgan fingerprint density at radius 3 is 2.57 bits per heavy atom. The molecule has 1 saturated carbocycles. The van der Waals surface area contributed by atoms with Gasteiger partial charge in [-0.15, -0.1) is 11.3 Å². The number of esters is 1. The van der Waals surface area contributed by atoms with E-state index in [4.69, 9.17) is 4.74 Å². The lowest BCUT2D eigenvalue weighted by Gasteiger charge is -2.26. The molecule has 5 nitrogen and oxygen atoms in total. The Hall–Kier alpha value is -2.73. The van der Waals surface area contributed by atoms with Gasteiger partial charge in [-0.1, -0.05) is 36.4 Å². The average molecular weight is 423 g/mol. The molecule has 0 saturated heterocycles. The number of fused-ring (bicyclic) bond motifs is 1. The molecule has 1 fully saturated rings. The van der Waals surface area contributed by atoms with E-state index in [0.717, 1.165) is 46.5 Å². The number of methoxy groups -OCH3 is 1. The van der Waals surface area contributed by atoms with E-state index in [1.165, 1.54) is 12.7 Å². The van der Waals surface area contributed by atoms with E-state index >= 15 is 0 Å². The van der Waals surface area contributed by atoms with Gasteiger partial charge >= 0.3 is 5.97 Å². The summed E-state index contributed by atoms with van der Waals surface area (Å²) in [5, 5.41) is 3.89. The van der Waals surface area contributed by atoms with Crippen LogP contribution in [0.15, 0.2) is 48.5 Å². The first kappa shape index (κ1) is 20.5. The summed E-state index contributed by atoms with van der Waals surface area (Å²) in [5.74, 6) is 0.348. The Labute approximate surface area is 180 Å². The van der Waals surface area contributed by atoms with Crippen molar-refractivity contribution >= 4 is 33.4 Å². The zero-order valence-electron chi connectivity index (χ0n) is 17.1. The number of carbonyl (C=O) groups is 2. The smallest absolute Gasteiger partial charge is 0.308 e. The highest BCUT2D eigenvalue weighted by Crippen LogP contribution is 2.30. The van der Waals surface area contributed by atoms with Crippen molar-refractivity contribution in [3.8, 4) is 11.1 Å². The minimum atomic E-state index is -0.108. The number of carbonyl (C=O) groups excluding carboxylic acids is 2. The number of thiazole rings is 1. The molecule has 1 heterocycles. The van der Waals surface area contributed by atoms with Gasteiger partial charge < -0.3 is 10.1 Å². The van der Waals surface area contributed by atoms with Crippen molar-refractivity contribution in [1.29, 1.82) is 0 Å². The zero-order valence-corrected chi connectivity index (χ0v) is 17.9. The van der Waals surface area contributed by atoms with E-state index in [-0.39, 0.29) is 17.8 Å². The van der Waals surface area contributed by atoms with Gasteiger partial charge in [0.15, 0.2) is 0 Å². The highest BCUT2D eigenvalue weighted by Gasteiger charge is 2.27. The Morgan fingerprint density at radius 1 is 1.07 bits per heavy atom. The largest absolute Gasteiger partial charge is 0.469 e. The number of aromatic nitrogens is 1. The Kier molecular flexibility index (Phi) is 6.43.